The van der Waals surface area contributed by atoms with Crippen LogP contribution in [0.15, 0.2) is 176 Å². The fourth-order valence-electron chi connectivity index (χ4n) is 17.0. The van der Waals surface area contributed by atoms with Crippen molar-refractivity contribution >= 4 is 74.7 Å². The molecular formula is C90H94B3BrF2N6O2. The lowest BCUT2D eigenvalue weighted by Gasteiger charge is -2.32. The fraction of sp³-hybridized carbons (Fsp3) is 0.267. The average molecular weight is 1440 g/mol. The third-order valence-corrected chi connectivity index (χ3v) is 23.1. The summed E-state index contributed by atoms with van der Waals surface area (Å²) in [4.78, 5) is 25.6. The van der Waals surface area contributed by atoms with Gasteiger partial charge in [-0.05, 0) is 289 Å². The molecule has 1 fully saturated rings. The number of rotatable bonds is 12. The van der Waals surface area contributed by atoms with Gasteiger partial charge in [0, 0.05) is 99.7 Å². The second-order valence-electron chi connectivity index (χ2n) is 29.7. The summed E-state index contributed by atoms with van der Waals surface area (Å²) in [5.41, 5.74) is 42.3. The average Bonchev–Trinajstić information content (AvgIpc) is 0.965. The van der Waals surface area contributed by atoms with Crippen LogP contribution in [0.3, 0.4) is 0 Å². The van der Waals surface area contributed by atoms with Gasteiger partial charge in [0.2, 0.25) is 25.3 Å². The molecule has 12 aromatic rings. The van der Waals surface area contributed by atoms with Crippen LogP contribution >= 0.6 is 15.9 Å². The number of aromatic nitrogens is 6. The van der Waals surface area contributed by atoms with E-state index in [-0.39, 0.29) is 24.6 Å². The second kappa shape index (κ2) is 30.8. The Morgan fingerprint density at radius 2 is 0.577 bits per heavy atom. The van der Waals surface area contributed by atoms with E-state index in [4.69, 9.17) is 9.31 Å². The predicted molar refractivity (Wildman–Crippen MR) is 437 cm³/mol. The molecule has 1 saturated heterocycles. The van der Waals surface area contributed by atoms with E-state index in [9.17, 15) is 8.78 Å². The normalized spacial score (nSPS) is 12.9. The van der Waals surface area contributed by atoms with Crippen molar-refractivity contribution in [1.82, 2.24) is 29.9 Å². The van der Waals surface area contributed by atoms with Gasteiger partial charge in [0.1, 0.15) is 0 Å². The van der Waals surface area contributed by atoms with Gasteiger partial charge in [0.05, 0.1) is 11.2 Å². The predicted octanol–water partition coefficient (Wildman–Crippen LogP) is 17.7. The Hall–Kier alpha value is -9.33. The summed E-state index contributed by atoms with van der Waals surface area (Å²) < 4.78 is 39.5. The third-order valence-electron chi connectivity index (χ3n) is 21.9. The highest BCUT2D eigenvalue weighted by atomic mass is 79.9. The van der Waals surface area contributed by atoms with Gasteiger partial charge in [-0.2, -0.15) is 8.78 Å². The molecule has 104 heavy (non-hydrogen) atoms. The van der Waals surface area contributed by atoms with Crippen molar-refractivity contribution in [3.63, 3.8) is 0 Å². The zero-order valence-electron chi connectivity index (χ0n) is 64.5. The van der Waals surface area contributed by atoms with Crippen molar-refractivity contribution in [3.8, 4) is 55.6 Å². The minimum atomic E-state index is -0.500. The number of benzene rings is 6. The second-order valence-corrected chi connectivity index (χ2v) is 30.5. The quantitative estimate of drug-likeness (QED) is 0.0882. The molecule has 14 heteroatoms. The van der Waals surface area contributed by atoms with Crippen LogP contribution in [0.5, 0.6) is 0 Å². The van der Waals surface area contributed by atoms with Crippen LogP contribution in [0.2, 0.25) is 0 Å². The van der Waals surface area contributed by atoms with Gasteiger partial charge >= 0.3 is 7.12 Å². The monoisotopic (exact) mass is 1440 g/mol. The number of halogens is 3. The largest absolute Gasteiger partial charge is 0.496 e. The maximum absolute atomic E-state index is 14.0. The van der Waals surface area contributed by atoms with E-state index in [1.807, 2.05) is 108 Å². The van der Waals surface area contributed by atoms with Crippen LogP contribution in [-0.4, -0.2) is 61.6 Å². The highest BCUT2D eigenvalue weighted by Gasteiger charge is 2.52. The first-order chi connectivity index (χ1) is 49.3. The van der Waals surface area contributed by atoms with E-state index >= 15 is 0 Å². The summed E-state index contributed by atoms with van der Waals surface area (Å²) in [7, 11) is -0.474. The first-order valence-electron chi connectivity index (χ1n) is 35.8. The van der Waals surface area contributed by atoms with Gasteiger partial charge < -0.3 is 9.31 Å². The van der Waals surface area contributed by atoms with Gasteiger partial charge in [0.25, 0.3) is 0 Å². The zero-order chi connectivity index (χ0) is 75.1. The molecule has 0 unspecified atom stereocenters. The van der Waals surface area contributed by atoms with Gasteiger partial charge in [-0.15, -0.1) is 0 Å². The summed E-state index contributed by atoms with van der Waals surface area (Å²) in [5.74, 6) is -0.975. The number of aryl methyl sites for hydroxylation is 12. The Kier molecular flexibility index (Phi) is 22.4. The van der Waals surface area contributed by atoms with Gasteiger partial charge in [-0.3, -0.25) is 19.9 Å². The van der Waals surface area contributed by atoms with Crippen molar-refractivity contribution in [1.29, 1.82) is 0 Å². The fourth-order valence-corrected chi connectivity index (χ4v) is 17.3. The molecular weight excluding hydrogens is 1350 g/mol. The summed E-state index contributed by atoms with van der Waals surface area (Å²) in [5, 5.41) is 0. The molecule has 0 radical (unpaired) electrons. The first kappa shape index (κ1) is 75.8. The third kappa shape index (κ3) is 14.8. The lowest BCUT2D eigenvalue weighted by Crippen LogP contribution is -2.58. The molecule has 0 atom stereocenters. The molecule has 6 aromatic carbocycles. The van der Waals surface area contributed by atoms with Crippen molar-refractivity contribution < 1.29 is 18.1 Å². The molecule has 0 bridgehead atoms. The molecule has 0 N–H and O–H groups in total. The van der Waals surface area contributed by atoms with Crippen LogP contribution in [0.4, 0.5) is 8.78 Å². The van der Waals surface area contributed by atoms with Gasteiger partial charge in [-0.1, -0.05) is 149 Å². The molecule has 13 rings (SSSR count). The van der Waals surface area contributed by atoms with Crippen LogP contribution in [0.25, 0.3) is 55.6 Å². The number of pyridine rings is 6. The SMILES string of the molecule is CC1(C)OB(c2ccc(F)nc2)OC1(C)C.Cc1cc(C)c(-c2cccnc2)c(C)c1B(c1c(C)cc(C)c(-c2cccnc2)c1C)c1c(C)cc(C)c(-c2ccc(F)nc2)c1C.Cc1cc(C)c(B(c2c(C)cc(C)c(-c3cccnc3)c2C)c2c(C)cc(C)c(-c3cccnc3)c2C)c(C)c1Br. The van der Waals surface area contributed by atoms with E-state index in [0.29, 0.717) is 0 Å². The Morgan fingerprint density at radius 1 is 0.317 bits per heavy atom. The Bertz CT molecular complexity index is 5000. The summed E-state index contributed by atoms with van der Waals surface area (Å²) in [6, 6.07) is 37.0. The molecule has 8 nitrogen and oxygen atoms in total. The summed E-state index contributed by atoms with van der Waals surface area (Å²) in [6.07, 6.45) is 18.4. The molecule has 1 aliphatic heterocycles. The Morgan fingerprint density at radius 3 is 0.827 bits per heavy atom. The zero-order valence-corrected chi connectivity index (χ0v) is 66.1. The number of hydrogen-bond donors (Lipinski definition) is 0. The van der Waals surface area contributed by atoms with Crippen molar-refractivity contribution in [3.05, 3.63) is 288 Å². The van der Waals surface area contributed by atoms with E-state index in [0.717, 1.165) is 44.4 Å². The van der Waals surface area contributed by atoms with Crippen LogP contribution in [0.1, 0.15) is 128 Å². The molecule has 526 valence electrons. The molecule has 6 aromatic heterocycles. The van der Waals surface area contributed by atoms with Crippen molar-refractivity contribution in [2.24, 2.45) is 0 Å². The Labute approximate surface area is 625 Å². The lowest BCUT2D eigenvalue weighted by atomic mass is 9.32. The van der Waals surface area contributed by atoms with E-state index in [1.165, 1.54) is 172 Å². The minimum absolute atomic E-state index is 0.0546. The van der Waals surface area contributed by atoms with Crippen molar-refractivity contribution in [2.45, 2.75) is 164 Å². The highest BCUT2D eigenvalue weighted by molar-refractivity contribution is 9.10. The Balaban J connectivity index is 0.000000173. The molecule has 0 aliphatic carbocycles. The summed E-state index contributed by atoms with van der Waals surface area (Å²) in [6.45, 7) is 48.3. The van der Waals surface area contributed by atoms with Gasteiger partial charge in [-0.25, -0.2) is 9.97 Å². The van der Waals surface area contributed by atoms with E-state index < -0.39 is 19.0 Å². The van der Waals surface area contributed by atoms with Crippen LogP contribution < -0.4 is 38.2 Å². The smallest absolute Gasteiger partial charge is 0.399 e. The van der Waals surface area contributed by atoms with Gasteiger partial charge in [0.15, 0.2) is 0 Å². The number of nitrogens with zero attached hydrogens (tertiary/aromatic N) is 6. The standard InChI is InChI=1S/C42H41BFN3.C37H38BBrN2.C11H15BFNO2/c1-24-18-27(4)40(30(7)37(24)33-12-10-16-45-21-33)43(41-28(5)19-25(2)38(31(41)8)34-13-11-17-46-22-34)42-29(6)20-26(3)39(32(42)9)35-14-15-36(44)47-23-35;1-21-16-23(3)34(27(7)32(21)30-12-10-14-40-19-30)38(36-25(5)18-26(6)37(39)29(36)9)35-24(4)17-22(2)33(28(35)8)31-13-11-15-41-20-31;1-10(2)11(3,4)16-12(15-10)8-5-6-9(13)14-7-8/h10-23H,1-9H3;10-20H,1-9H3;5-7H,1-4H3. The molecule has 1 aliphatic rings. The van der Waals surface area contributed by atoms with Crippen LogP contribution in [-0.2, 0) is 9.31 Å². The highest BCUT2D eigenvalue weighted by Crippen LogP contribution is 2.38. The maximum atomic E-state index is 14.0. The first-order valence-corrected chi connectivity index (χ1v) is 36.6. The molecule has 0 saturated carbocycles. The minimum Gasteiger partial charge on any atom is -0.399 e. The summed E-state index contributed by atoms with van der Waals surface area (Å²) >= 11 is 3.96. The van der Waals surface area contributed by atoms with Crippen LogP contribution in [0, 0.1) is 137 Å². The number of hydrogen-bond acceptors (Lipinski definition) is 8. The van der Waals surface area contributed by atoms with E-state index in [2.05, 4.69) is 231 Å². The maximum Gasteiger partial charge on any atom is 0.496 e. The molecule has 0 spiro atoms. The topological polar surface area (TPSA) is 95.8 Å². The van der Waals surface area contributed by atoms with Crippen molar-refractivity contribution in [2.75, 3.05) is 0 Å². The molecule has 0 amide bonds. The lowest BCUT2D eigenvalue weighted by molar-refractivity contribution is 0.00578. The molecule has 7 heterocycles. The van der Waals surface area contributed by atoms with E-state index in [1.54, 1.807) is 12.3 Å².